The third kappa shape index (κ3) is 4.81. The number of para-hydroxylation sites is 1. The maximum absolute atomic E-state index is 14.9. The molecule has 0 aliphatic heterocycles. The first-order chi connectivity index (χ1) is 18.2. The van der Waals surface area contributed by atoms with Crippen LogP contribution in [0.2, 0.25) is 0 Å². The number of halogens is 2. The second-order valence-electron chi connectivity index (χ2n) is 8.94. The fourth-order valence-corrected chi connectivity index (χ4v) is 4.45. The van der Waals surface area contributed by atoms with E-state index in [2.05, 4.69) is 20.5 Å². The molecule has 0 spiro atoms. The molecule has 2 aromatic heterocycles. The average molecular weight is 520 g/mol. The molecule has 5 aromatic rings. The molecule has 2 heterocycles. The number of nitrogens with zero attached hydrogens (tertiary/aromatic N) is 6. The number of benzene rings is 3. The summed E-state index contributed by atoms with van der Waals surface area (Å²) in [5, 5.41) is 35.7. The molecule has 38 heavy (non-hydrogen) atoms. The zero-order valence-corrected chi connectivity index (χ0v) is 20.2. The first kappa shape index (κ1) is 25.0. The van der Waals surface area contributed by atoms with Crippen LogP contribution >= 0.6 is 0 Å². The maximum Gasteiger partial charge on any atom is 0.274 e. The van der Waals surface area contributed by atoms with Gasteiger partial charge in [-0.2, -0.15) is 10.2 Å². The summed E-state index contributed by atoms with van der Waals surface area (Å²) in [5.74, 6) is -1.65. The van der Waals surface area contributed by atoms with E-state index in [0.717, 1.165) is 17.5 Å². The Morgan fingerprint density at radius 2 is 1.97 bits per heavy atom. The average Bonchev–Trinajstić information content (AvgIpc) is 3.56. The van der Waals surface area contributed by atoms with Crippen molar-refractivity contribution >= 4 is 22.3 Å². The van der Waals surface area contributed by atoms with E-state index in [0.29, 0.717) is 16.8 Å². The zero-order chi connectivity index (χ0) is 26.9. The Hall–Kier alpha value is -4.71. The predicted molar refractivity (Wildman–Crippen MR) is 135 cm³/mol. The second kappa shape index (κ2) is 9.98. The summed E-state index contributed by atoms with van der Waals surface area (Å²) >= 11 is 0. The van der Waals surface area contributed by atoms with Gasteiger partial charge in [-0.25, -0.2) is 18.4 Å². The maximum atomic E-state index is 14.9. The number of nitro benzene ring substituents is 1. The number of hydrogen-bond donors (Lipinski definition) is 2. The molecule has 0 fully saturated rings. The lowest BCUT2D eigenvalue weighted by Gasteiger charge is -2.34. The first-order valence-electron chi connectivity index (χ1n) is 11.7. The van der Waals surface area contributed by atoms with Crippen molar-refractivity contribution in [3.8, 4) is 0 Å². The van der Waals surface area contributed by atoms with E-state index >= 15 is 0 Å². The van der Waals surface area contributed by atoms with Crippen molar-refractivity contribution in [2.45, 2.75) is 31.7 Å². The minimum absolute atomic E-state index is 0.0300. The highest BCUT2D eigenvalue weighted by atomic mass is 19.1. The number of anilines is 1. The summed E-state index contributed by atoms with van der Waals surface area (Å²) < 4.78 is 31.4. The fraction of sp³-hybridized carbons (Fsp3) is 0.192. The summed E-state index contributed by atoms with van der Waals surface area (Å²) in [5.41, 5.74) is -0.0564. The topological polar surface area (TPSA) is 124 Å². The lowest BCUT2D eigenvalue weighted by atomic mass is 9.86. The van der Waals surface area contributed by atoms with Crippen molar-refractivity contribution in [2.24, 2.45) is 0 Å². The van der Waals surface area contributed by atoms with Crippen LogP contribution in [0.25, 0.3) is 10.9 Å². The number of rotatable bonds is 9. The largest absolute Gasteiger partial charge is 0.381 e. The van der Waals surface area contributed by atoms with Crippen LogP contribution in [0.15, 0.2) is 79.5 Å². The summed E-state index contributed by atoms with van der Waals surface area (Å²) in [4.78, 5) is 14.8. The minimum atomic E-state index is -1.86. The van der Waals surface area contributed by atoms with Crippen LogP contribution in [0, 0.1) is 21.7 Å². The Kier molecular flexibility index (Phi) is 6.55. The number of aliphatic hydroxyl groups is 1. The monoisotopic (exact) mass is 519 g/mol. The van der Waals surface area contributed by atoms with E-state index < -0.39 is 28.2 Å². The molecule has 0 aliphatic carbocycles. The molecule has 0 unspecified atom stereocenters. The molecular weight excluding hydrogens is 496 g/mol. The molecule has 194 valence electrons. The van der Waals surface area contributed by atoms with Crippen LogP contribution in [-0.2, 0) is 18.7 Å². The molecule has 2 N–H and O–H groups in total. The van der Waals surface area contributed by atoms with Crippen molar-refractivity contribution in [3.05, 3.63) is 112 Å². The van der Waals surface area contributed by atoms with Gasteiger partial charge in [0.05, 0.1) is 23.0 Å². The van der Waals surface area contributed by atoms with Crippen LogP contribution in [0.3, 0.4) is 0 Å². The highest BCUT2D eigenvalue weighted by Gasteiger charge is 2.41. The van der Waals surface area contributed by atoms with Gasteiger partial charge in [0.15, 0.2) is 0 Å². The standard InChI is InChI=1S/C26H23F2N7O3/c1-17(26(36,14-33-16-29-15-31-33)22-8-6-20(27)11-23(22)28)34-13-19-10-21(7-9-24(19)32-34)30-12-18-4-2-3-5-25(18)35(37)38/h2-11,13,15-17,30,36H,12,14H2,1H3/t17-,26-/m1/s1. The van der Waals surface area contributed by atoms with E-state index in [1.165, 1.54) is 34.2 Å². The van der Waals surface area contributed by atoms with Gasteiger partial charge in [0.2, 0.25) is 0 Å². The SMILES string of the molecule is C[C@@H](n1cc2cc(NCc3ccccc3[N+](=O)[O-])ccc2n1)[C@](O)(Cn1cncn1)c1ccc(F)cc1F. The van der Waals surface area contributed by atoms with Crippen molar-refractivity contribution in [1.82, 2.24) is 24.5 Å². The van der Waals surface area contributed by atoms with Gasteiger partial charge in [0.25, 0.3) is 5.69 Å². The molecule has 5 rings (SSSR count). The Morgan fingerprint density at radius 3 is 2.71 bits per heavy atom. The molecule has 0 amide bonds. The van der Waals surface area contributed by atoms with Gasteiger partial charge in [-0.05, 0) is 31.2 Å². The molecule has 2 atom stereocenters. The number of hydrogen-bond acceptors (Lipinski definition) is 7. The minimum Gasteiger partial charge on any atom is -0.381 e. The van der Waals surface area contributed by atoms with Gasteiger partial charge in [-0.15, -0.1) is 0 Å². The molecule has 0 radical (unpaired) electrons. The van der Waals surface area contributed by atoms with Crippen molar-refractivity contribution in [1.29, 1.82) is 0 Å². The van der Waals surface area contributed by atoms with E-state index in [9.17, 15) is 24.0 Å². The van der Waals surface area contributed by atoms with Crippen LogP contribution in [-0.4, -0.2) is 34.6 Å². The van der Waals surface area contributed by atoms with Crippen LogP contribution < -0.4 is 5.32 Å². The predicted octanol–water partition coefficient (Wildman–Crippen LogP) is 4.58. The molecular formula is C26H23F2N7O3. The quantitative estimate of drug-likeness (QED) is 0.216. The number of nitrogens with one attached hydrogen (secondary N) is 1. The third-order valence-corrected chi connectivity index (χ3v) is 6.55. The number of nitro groups is 1. The van der Waals surface area contributed by atoms with Crippen LogP contribution in [0.4, 0.5) is 20.2 Å². The van der Waals surface area contributed by atoms with Crippen LogP contribution in [0.5, 0.6) is 0 Å². The van der Waals surface area contributed by atoms with Gasteiger partial charge in [0.1, 0.15) is 29.9 Å². The molecule has 12 heteroatoms. The van der Waals surface area contributed by atoms with Gasteiger partial charge < -0.3 is 10.4 Å². The van der Waals surface area contributed by atoms with E-state index in [1.54, 1.807) is 43.5 Å². The van der Waals surface area contributed by atoms with Crippen molar-refractivity contribution in [2.75, 3.05) is 5.32 Å². The third-order valence-electron chi connectivity index (χ3n) is 6.55. The summed E-state index contributed by atoms with van der Waals surface area (Å²) in [7, 11) is 0. The Morgan fingerprint density at radius 1 is 1.16 bits per heavy atom. The summed E-state index contributed by atoms with van der Waals surface area (Å²) in [6.07, 6.45) is 4.41. The lowest BCUT2D eigenvalue weighted by molar-refractivity contribution is -0.385. The Bertz CT molecular complexity index is 1610. The molecule has 10 nitrogen and oxygen atoms in total. The first-order valence-corrected chi connectivity index (χ1v) is 11.7. The molecule has 0 aliphatic rings. The summed E-state index contributed by atoms with van der Waals surface area (Å²) in [6, 6.07) is 14.1. The van der Waals surface area contributed by atoms with Gasteiger partial charge >= 0.3 is 0 Å². The van der Waals surface area contributed by atoms with E-state index in [4.69, 9.17) is 0 Å². The van der Waals surface area contributed by atoms with Gasteiger partial charge in [0, 0.05) is 47.1 Å². The van der Waals surface area contributed by atoms with Gasteiger partial charge in [-0.3, -0.25) is 14.8 Å². The van der Waals surface area contributed by atoms with Crippen molar-refractivity contribution in [3.63, 3.8) is 0 Å². The smallest absolute Gasteiger partial charge is 0.274 e. The van der Waals surface area contributed by atoms with Gasteiger partial charge in [-0.1, -0.05) is 24.3 Å². The van der Waals surface area contributed by atoms with Crippen LogP contribution in [0.1, 0.15) is 24.1 Å². The Balaban J connectivity index is 1.45. The summed E-state index contributed by atoms with van der Waals surface area (Å²) in [6.45, 7) is 1.77. The fourth-order valence-electron chi connectivity index (χ4n) is 4.45. The lowest BCUT2D eigenvalue weighted by Crippen LogP contribution is -2.40. The molecule has 0 saturated carbocycles. The molecule has 0 saturated heterocycles. The second-order valence-corrected chi connectivity index (χ2v) is 8.94. The Labute approximate surface area is 215 Å². The zero-order valence-electron chi connectivity index (χ0n) is 20.2. The molecule has 3 aromatic carbocycles. The number of fused-ring (bicyclic) bond motifs is 1. The normalized spacial score (nSPS) is 13.8. The van der Waals surface area contributed by atoms with Crippen molar-refractivity contribution < 1.29 is 18.8 Å². The number of aromatic nitrogens is 5. The van der Waals surface area contributed by atoms with E-state index in [-0.39, 0.29) is 24.3 Å². The van der Waals surface area contributed by atoms with E-state index in [1.807, 2.05) is 6.07 Å². The highest BCUT2D eigenvalue weighted by Crippen LogP contribution is 2.37. The highest BCUT2D eigenvalue weighted by molar-refractivity contribution is 5.82. The molecule has 0 bridgehead atoms.